The summed E-state index contributed by atoms with van der Waals surface area (Å²) in [6, 6.07) is 3.77. The van der Waals surface area contributed by atoms with Crippen molar-refractivity contribution >= 4 is 14.4 Å². The van der Waals surface area contributed by atoms with Crippen LogP contribution in [0.5, 0.6) is 11.5 Å². The highest BCUT2D eigenvalue weighted by Crippen LogP contribution is 2.36. The van der Waals surface area contributed by atoms with Crippen LogP contribution in [0.25, 0.3) is 0 Å². The van der Waals surface area contributed by atoms with E-state index in [1.165, 1.54) is 0 Å². The zero-order chi connectivity index (χ0) is 15.5. The van der Waals surface area contributed by atoms with Crippen molar-refractivity contribution in [3.05, 3.63) is 23.3 Å². The first-order valence-corrected chi connectivity index (χ1v) is 10.5. The lowest BCUT2D eigenvalue weighted by atomic mass is 10.1. The number of carbonyl (C=O) groups is 1. The molecule has 112 valence electrons. The molecule has 0 bridgehead atoms. The van der Waals surface area contributed by atoms with Crippen molar-refractivity contribution in [2.75, 3.05) is 20.4 Å². The van der Waals surface area contributed by atoms with E-state index in [9.17, 15) is 4.79 Å². The fourth-order valence-corrected chi connectivity index (χ4v) is 2.70. The molecule has 5 heteroatoms. The minimum atomic E-state index is -1.33. The minimum Gasteiger partial charge on any atom is -0.454 e. The Balaban J connectivity index is 2.09. The van der Waals surface area contributed by atoms with Crippen LogP contribution in [0.15, 0.2) is 12.1 Å². The standard InChI is InChI=1S/C16H21NO3Si/c1-17(8-5-9-21(2,3)4)10-13-6-7-15-16(14(13)11-18)20-12-19-15/h6-7,11H,8,10,12H2,1-4H3. The lowest BCUT2D eigenvalue weighted by molar-refractivity contribution is 0.111. The number of ether oxygens (including phenoxy) is 2. The zero-order valence-electron chi connectivity index (χ0n) is 13.0. The average Bonchev–Trinajstić information content (AvgIpc) is 2.85. The van der Waals surface area contributed by atoms with Gasteiger partial charge >= 0.3 is 0 Å². The Bertz CT molecular complexity index is 596. The molecule has 0 radical (unpaired) electrons. The van der Waals surface area contributed by atoms with Gasteiger partial charge in [0.2, 0.25) is 6.79 Å². The summed E-state index contributed by atoms with van der Waals surface area (Å²) < 4.78 is 10.7. The molecule has 0 amide bonds. The molecular formula is C16H21NO3Si. The van der Waals surface area contributed by atoms with Crippen molar-refractivity contribution < 1.29 is 14.3 Å². The third kappa shape index (κ3) is 4.10. The normalized spacial score (nSPS) is 13.0. The van der Waals surface area contributed by atoms with Gasteiger partial charge < -0.3 is 9.47 Å². The smallest absolute Gasteiger partial charge is 0.231 e. The predicted octanol–water partition coefficient (Wildman–Crippen LogP) is 2.54. The van der Waals surface area contributed by atoms with Gasteiger partial charge in [-0.15, -0.1) is 5.54 Å². The summed E-state index contributed by atoms with van der Waals surface area (Å²) >= 11 is 0. The molecule has 0 aromatic heterocycles. The van der Waals surface area contributed by atoms with Crippen LogP contribution in [0.3, 0.4) is 0 Å². The number of fused-ring (bicyclic) bond motifs is 1. The van der Waals surface area contributed by atoms with Gasteiger partial charge in [-0.05, 0) is 18.7 Å². The van der Waals surface area contributed by atoms with Gasteiger partial charge in [0.1, 0.15) is 8.07 Å². The van der Waals surface area contributed by atoms with Gasteiger partial charge in [-0.3, -0.25) is 9.69 Å². The lowest BCUT2D eigenvalue weighted by Crippen LogP contribution is -2.21. The van der Waals surface area contributed by atoms with Crippen molar-refractivity contribution in [3.8, 4) is 23.0 Å². The van der Waals surface area contributed by atoms with E-state index in [2.05, 4.69) is 36.0 Å². The molecule has 1 aliphatic rings. The molecule has 4 nitrogen and oxygen atoms in total. The van der Waals surface area contributed by atoms with E-state index in [-0.39, 0.29) is 6.79 Å². The van der Waals surface area contributed by atoms with E-state index >= 15 is 0 Å². The van der Waals surface area contributed by atoms with E-state index in [0.717, 1.165) is 11.8 Å². The first-order valence-electron chi connectivity index (χ1n) is 6.96. The fraction of sp³-hybridized carbons (Fsp3) is 0.438. The summed E-state index contributed by atoms with van der Waals surface area (Å²) in [6.07, 6.45) is 0.838. The zero-order valence-corrected chi connectivity index (χ0v) is 14.0. The van der Waals surface area contributed by atoms with E-state index in [0.29, 0.717) is 30.2 Å². The molecule has 0 N–H and O–H groups in total. The van der Waals surface area contributed by atoms with Crippen LogP contribution in [0.4, 0.5) is 0 Å². The molecule has 1 heterocycles. The SMILES string of the molecule is CN(CC#C[Si](C)(C)C)Cc1ccc2c(c1C=O)OCO2. The number of aldehydes is 1. The van der Waals surface area contributed by atoms with Crippen molar-refractivity contribution in [1.82, 2.24) is 4.90 Å². The average molecular weight is 303 g/mol. The minimum absolute atomic E-state index is 0.178. The van der Waals surface area contributed by atoms with Crippen LogP contribution in [-0.4, -0.2) is 39.6 Å². The van der Waals surface area contributed by atoms with Crippen LogP contribution >= 0.6 is 0 Å². The molecule has 0 spiro atoms. The molecule has 0 aliphatic carbocycles. The van der Waals surface area contributed by atoms with Crippen LogP contribution in [-0.2, 0) is 6.54 Å². The second-order valence-corrected chi connectivity index (χ2v) is 11.0. The van der Waals surface area contributed by atoms with Crippen LogP contribution < -0.4 is 9.47 Å². The quantitative estimate of drug-likeness (QED) is 0.487. The Labute approximate surface area is 127 Å². The van der Waals surface area contributed by atoms with Gasteiger partial charge in [0, 0.05) is 6.54 Å². The maximum atomic E-state index is 11.3. The third-order valence-electron chi connectivity index (χ3n) is 3.04. The van der Waals surface area contributed by atoms with Gasteiger partial charge in [-0.25, -0.2) is 0 Å². The topological polar surface area (TPSA) is 38.8 Å². The van der Waals surface area contributed by atoms with Crippen molar-refractivity contribution in [1.29, 1.82) is 0 Å². The van der Waals surface area contributed by atoms with E-state index in [4.69, 9.17) is 9.47 Å². The number of hydrogen-bond acceptors (Lipinski definition) is 4. The number of rotatable bonds is 4. The molecule has 0 saturated heterocycles. The molecule has 0 fully saturated rings. The van der Waals surface area contributed by atoms with Crippen molar-refractivity contribution in [2.24, 2.45) is 0 Å². The molecule has 1 aromatic carbocycles. The number of carbonyl (C=O) groups excluding carboxylic acids is 1. The molecule has 2 rings (SSSR count). The summed E-state index contributed by atoms with van der Waals surface area (Å²) in [6.45, 7) is 8.20. The molecular weight excluding hydrogens is 282 g/mol. The summed E-state index contributed by atoms with van der Waals surface area (Å²) in [5.41, 5.74) is 4.86. The van der Waals surface area contributed by atoms with Gasteiger partial charge in [0.05, 0.1) is 12.1 Å². The van der Waals surface area contributed by atoms with Crippen molar-refractivity contribution in [3.63, 3.8) is 0 Å². The predicted molar refractivity (Wildman–Crippen MR) is 85.4 cm³/mol. The Morgan fingerprint density at radius 3 is 2.76 bits per heavy atom. The lowest BCUT2D eigenvalue weighted by Gasteiger charge is -2.16. The molecule has 0 unspecified atom stereocenters. The van der Waals surface area contributed by atoms with E-state index in [1.54, 1.807) is 0 Å². The summed E-state index contributed by atoms with van der Waals surface area (Å²) in [5, 5.41) is 0. The second kappa shape index (κ2) is 6.33. The Kier molecular flexibility index (Phi) is 4.71. The highest BCUT2D eigenvalue weighted by molar-refractivity contribution is 6.83. The Morgan fingerprint density at radius 1 is 1.33 bits per heavy atom. The Hall–Kier alpha value is -1.77. The van der Waals surface area contributed by atoms with Gasteiger partial charge in [0.15, 0.2) is 17.8 Å². The van der Waals surface area contributed by atoms with E-state index in [1.807, 2.05) is 19.2 Å². The van der Waals surface area contributed by atoms with Crippen molar-refractivity contribution in [2.45, 2.75) is 26.2 Å². The molecule has 0 atom stereocenters. The highest BCUT2D eigenvalue weighted by Gasteiger charge is 2.20. The first-order chi connectivity index (χ1) is 9.90. The van der Waals surface area contributed by atoms with Gasteiger partial charge in [-0.2, -0.15) is 0 Å². The monoisotopic (exact) mass is 303 g/mol. The van der Waals surface area contributed by atoms with E-state index < -0.39 is 8.07 Å². The second-order valence-electron chi connectivity index (χ2n) is 6.21. The summed E-state index contributed by atoms with van der Waals surface area (Å²) in [4.78, 5) is 13.4. The fourth-order valence-electron chi connectivity index (χ4n) is 2.09. The third-order valence-corrected chi connectivity index (χ3v) is 3.97. The molecule has 1 aromatic rings. The number of hydrogen-bond donors (Lipinski definition) is 0. The van der Waals surface area contributed by atoms with Crippen LogP contribution in [0, 0.1) is 11.5 Å². The van der Waals surface area contributed by atoms with Crippen LogP contribution in [0.1, 0.15) is 15.9 Å². The first kappa shape index (κ1) is 15.6. The molecule has 1 aliphatic heterocycles. The number of nitrogens with zero attached hydrogens (tertiary/aromatic N) is 1. The highest BCUT2D eigenvalue weighted by atomic mass is 28.3. The molecule has 0 saturated carbocycles. The summed E-state index contributed by atoms with van der Waals surface area (Å²) in [5.74, 6) is 4.43. The maximum Gasteiger partial charge on any atom is 0.231 e. The largest absolute Gasteiger partial charge is 0.454 e. The number of benzene rings is 1. The Morgan fingerprint density at radius 2 is 2.10 bits per heavy atom. The summed E-state index contributed by atoms with van der Waals surface area (Å²) in [7, 11) is 0.670. The maximum absolute atomic E-state index is 11.3. The van der Waals surface area contributed by atoms with Gasteiger partial charge in [0.25, 0.3) is 0 Å². The molecule has 21 heavy (non-hydrogen) atoms. The van der Waals surface area contributed by atoms with Crippen LogP contribution in [0.2, 0.25) is 19.6 Å². The van der Waals surface area contributed by atoms with Gasteiger partial charge in [-0.1, -0.05) is 31.6 Å².